The summed E-state index contributed by atoms with van der Waals surface area (Å²) in [5.41, 5.74) is 4.78. The van der Waals surface area contributed by atoms with E-state index in [1.54, 1.807) is 0 Å². The Kier molecular flexibility index (Phi) is 4.66. The Hall–Kier alpha value is -0.590. The highest BCUT2D eigenvalue weighted by Crippen LogP contribution is 2.64. The van der Waals surface area contributed by atoms with Gasteiger partial charge in [-0.15, -0.1) is 0 Å². The number of carbonyl (C=O) groups excluding carboxylic acids is 1. The number of allylic oxidation sites excluding steroid dienone is 2. The van der Waals surface area contributed by atoms with Crippen molar-refractivity contribution in [3.05, 3.63) is 11.1 Å². The topological polar surface area (TPSA) is 17.1 Å². The maximum atomic E-state index is 12.0. The molecule has 0 aromatic heterocycles. The molecular weight excluding hydrogens is 304 g/mol. The van der Waals surface area contributed by atoms with Crippen LogP contribution in [-0.2, 0) is 4.79 Å². The summed E-state index contributed by atoms with van der Waals surface area (Å²) >= 11 is 0. The van der Waals surface area contributed by atoms with Gasteiger partial charge in [-0.25, -0.2) is 0 Å². The summed E-state index contributed by atoms with van der Waals surface area (Å²) in [7, 11) is 0. The fourth-order valence-electron chi connectivity index (χ4n) is 7.34. The van der Waals surface area contributed by atoms with Crippen LogP contribution in [0.15, 0.2) is 11.1 Å². The minimum Gasteiger partial charge on any atom is -0.300 e. The van der Waals surface area contributed by atoms with Gasteiger partial charge in [0.15, 0.2) is 0 Å². The molecule has 4 atom stereocenters. The zero-order valence-electron chi connectivity index (χ0n) is 16.8. The Balaban J connectivity index is 1.59. The molecule has 0 N–H and O–H groups in total. The van der Waals surface area contributed by atoms with Crippen molar-refractivity contribution in [1.29, 1.82) is 0 Å². The van der Waals surface area contributed by atoms with Gasteiger partial charge in [-0.1, -0.05) is 51.2 Å². The molecule has 4 aliphatic carbocycles. The first-order chi connectivity index (χ1) is 11.9. The lowest BCUT2D eigenvalue weighted by Gasteiger charge is -2.53. The largest absolute Gasteiger partial charge is 0.300 e. The van der Waals surface area contributed by atoms with Crippen molar-refractivity contribution in [1.82, 2.24) is 0 Å². The minimum atomic E-state index is 0.369. The van der Waals surface area contributed by atoms with Crippen LogP contribution < -0.4 is 0 Å². The minimum absolute atomic E-state index is 0.369. The molecule has 4 rings (SSSR count). The first-order valence-electron chi connectivity index (χ1n) is 11.2. The molecule has 0 radical (unpaired) electrons. The van der Waals surface area contributed by atoms with Crippen LogP contribution in [0.5, 0.6) is 0 Å². The molecule has 4 unspecified atom stereocenters. The molecule has 2 fully saturated rings. The lowest BCUT2D eigenvalue weighted by Crippen LogP contribution is -2.44. The van der Waals surface area contributed by atoms with Gasteiger partial charge < -0.3 is 0 Å². The number of Topliss-reactive ketones (excluding diaryl/α,β-unsaturated/α-hetero) is 1. The van der Waals surface area contributed by atoms with E-state index in [2.05, 4.69) is 20.8 Å². The van der Waals surface area contributed by atoms with Crippen molar-refractivity contribution in [2.24, 2.45) is 28.6 Å². The number of ketones is 1. The highest BCUT2D eigenvalue weighted by Gasteiger charge is 2.53. The van der Waals surface area contributed by atoms with Crippen molar-refractivity contribution in [2.75, 3.05) is 0 Å². The summed E-state index contributed by atoms with van der Waals surface area (Å²) in [6.45, 7) is 7.27. The van der Waals surface area contributed by atoms with E-state index < -0.39 is 0 Å². The molecule has 1 heteroatoms. The van der Waals surface area contributed by atoms with Crippen LogP contribution in [-0.4, -0.2) is 5.78 Å². The van der Waals surface area contributed by atoms with Crippen LogP contribution in [0.1, 0.15) is 104 Å². The third-order valence-corrected chi connectivity index (χ3v) is 8.79. The molecule has 0 bridgehead atoms. The summed E-state index contributed by atoms with van der Waals surface area (Å²) < 4.78 is 0. The van der Waals surface area contributed by atoms with Gasteiger partial charge in [-0.3, -0.25) is 4.79 Å². The number of fused-ring (bicyclic) bond motifs is 4. The average molecular weight is 343 g/mol. The van der Waals surface area contributed by atoms with Crippen LogP contribution in [0.3, 0.4) is 0 Å². The molecule has 1 nitrogen and oxygen atoms in total. The predicted molar refractivity (Wildman–Crippen MR) is 104 cm³/mol. The molecule has 0 amide bonds. The van der Waals surface area contributed by atoms with Crippen molar-refractivity contribution < 1.29 is 4.79 Å². The summed E-state index contributed by atoms with van der Waals surface area (Å²) in [4.78, 5) is 12.0. The highest BCUT2D eigenvalue weighted by atomic mass is 16.1. The van der Waals surface area contributed by atoms with Crippen LogP contribution >= 0.6 is 0 Å². The summed E-state index contributed by atoms with van der Waals surface area (Å²) in [5, 5.41) is 0. The quantitative estimate of drug-likeness (QED) is 0.510. The lowest BCUT2D eigenvalue weighted by molar-refractivity contribution is -0.124. The van der Waals surface area contributed by atoms with E-state index in [-0.39, 0.29) is 0 Å². The monoisotopic (exact) mass is 342 g/mol. The molecule has 0 aromatic carbocycles. The number of rotatable bonds is 4. The van der Waals surface area contributed by atoms with E-state index in [4.69, 9.17) is 0 Å². The second-order valence-electron chi connectivity index (χ2n) is 10.5. The maximum absolute atomic E-state index is 12.0. The molecule has 140 valence electrons. The molecule has 0 spiro atoms. The van der Waals surface area contributed by atoms with Crippen molar-refractivity contribution in [3.8, 4) is 0 Å². The predicted octanol–water partition coefficient (Wildman–Crippen LogP) is 6.86. The van der Waals surface area contributed by atoms with E-state index >= 15 is 0 Å². The molecule has 0 aliphatic heterocycles. The second kappa shape index (κ2) is 6.54. The van der Waals surface area contributed by atoms with Gasteiger partial charge in [-0.2, -0.15) is 0 Å². The highest BCUT2D eigenvalue weighted by molar-refractivity contribution is 5.80. The number of hydrogen-bond donors (Lipinski definition) is 0. The third-order valence-electron chi connectivity index (χ3n) is 8.79. The van der Waals surface area contributed by atoms with Crippen LogP contribution in [0, 0.1) is 28.6 Å². The van der Waals surface area contributed by atoms with E-state index in [9.17, 15) is 4.79 Å². The smallest absolute Gasteiger partial charge is 0.133 e. The van der Waals surface area contributed by atoms with E-state index in [1.807, 2.05) is 11.1 Å². The Morgan fingerprint density at radius 3 is 2.72 bits per heavy atom. The molecule has 0 heterocycles. The standard InChI is InChI=1S/C24H38O/c1-17(2)6-4-12-24-13-5-7-22(24)20-9-8-18-16-19(25)10-14-23(18,3)21(20)11-15-24/h17-18,22H,4-16H2,1-3H3. The van der Waals surface area contributed by atoms with E-state index in [0.29, 0.717) is 22.5 Å². The summed E-state index contributed by atoms with van der Waals surface area (Å²) in [6, 6.07) is 0. The second-order valence-corrected chi connectivity index (χ2v) is 10.5. The Morgan fingerprint density at radius 2 is 1.92 bits per heavy atom. The van der Waals surface area contributed by atoms with Gasteiger partial charge in [0.1, 0.15) is 5.78 Å². The molecule has 0 aromatic rings. The SMILES string of the molecule is CC(C)CCCC12CCCC1C1=C(CC2)C2(C)CCC(=O)CC2CC1. The van der Waals surface area contributed by atoms with Crippen LogP contribution in [0.4, 0.5) is 0 Å². The number of carbonyl (C=O) groups is 1. The lowest BCUT2D eigenvalue weighted by atomic mass is 9.51. The zero-order valence-corrected chi connectivity index (χ0v) is 16.8. The average Bonchev–Trinajstić information content (AvgIpc) is 2.99. The maximum Gasteiger partial charge on any atom is 0.133 e. The van der Waals surface area contributed by atoms with E-state index in [1.165, 1.54) is 64.2 Å². The van der Waals surface area contributed by atoms with Gasteiger partial charge in [0.05, 0.1) is 0 Å². The number of hydrogen-bond acceptors (Lipinski definition) is 1. The van der Waals surface area contributed by atoms with Crippen LogP contribution in [0.2, 0.25) is 0 Å². The van der Waals surface area contributed by atoms with Crippen LogP contribution in [0.25, 0.3) is 0 Å². The molecule has 0 saturated heterocycles. The van der Waals surface area contributed by atoms with Gasteiger partial charge in [0.25, 0.3) is 0 Å². The van der Waals surface area contributed by atoms with Crippen molar-refractivity contribution in [3.63, 3.8) is 0 Å². The Labute approximate surface area is 155 Å². The molecular formula is C24H38O. The molecule has 4 aliphatic rings. The first-order valence-corrected chi connectivity index (χ1v) is 11.2. The fourth-order valence-corrected chi connectivity index (χ4v) is 7.34. The molecule has 25 heavy (non-hydrogen) atoms. The first kappa shape index (κ1) is 17.8. The third kappa shape index (κ3) is 2.94. The van der Waals surface area contributed by atoms with Gasteiger partial charge in [-0.05, 0) is 80.0 Å². The fraction of sp³-hybridized carbons (Fsp3) is 0.875. The normalized spacial score (nSPS) is 40.9. The van der Waals surface area contributed by atoms with E-state index in [0.717, 1.165) is 31.1 Å². The van der Waals surface area contributed by atoms with Gasteiger partial charge >= 0.3 is 0 Å². The summed E-state index contributed by atoms with van der Waals surface area (Å²) in [5.74, 6) is 2.94. The Bertz CT molecular complexity index is 571. The van der Waals surface area contributed by atoms with Gasteiger partial charge in [0, 0.05) is 12.8 Å². The molecule has 2 saturated carbocycles. The Morgan fingerprint density at radius 1 is 1.08 bits per heavy atom. The summed E-state index contributed by atoms with van der Waals surface area (Å²) in [6.07, 6.45) is 17.0. The van der Waals surface area contributed by atoms with Crippen molar-refractivity contribution in [2.45, 2.75) is 104 Å². The van der Waals surface area contributed by atoms with Crippen molar-refractivity contribution >= 4 is 5.78 Å². The van der Waals surface area contributed by atoms with Gasteiger partial charge in [0.2, 0.25) is 0 Å². The zero-order chi connectivity index (χ0) is 17.7.